The SMILES string of the molecule is CCOC(OCC)C(O)Cc1ccc(F)c(Cl)c1. The van der Waals surface area contributed by atoms with E-state index in [1.54, 1.807) is 6.07 Å². The number of halogens is 2. The molecule has 1 N–H and O–H groups in total. The van der Waals surface area contributed by atoms with E-state index in [1.807, 2.05) is 13.8 Å². The first-order valence-electron chi connectivity index (χ1n) is 5.93. The molecule has 0 aromatic heterocycles. The van der Waals surface area contributed by atoms with Gasteiger partial charge in [0.2, 0.25) is 0 Å². The minimum absolute atomic E-state index is 0.0454. The molecule has 0 aliphatic rings. The van der Waals surface area contributed by atoms with Crippen molar-refractivity contribution in [1.82, 2.24) is 0 Å². The summed E-state index contributed by atoms with van der Waals surface area (Å²) in [6.07, 6.45) is -1.19. The van der Waals surface area contributed by atoms with Crippen molar-refractivity contribution in [3.05, 3.63) is 34.6 Å². The van der Waals surface area contributed by atoms with E-state index in [1.165, 1.54) is 12.1 Å². The van der Waals surface area contributed by atoms with Crippen LogP contribution in [0.5, 0.6) is 0 Å². The van der Waals surface area contributed by atoms with Crippen molar-refractivity contribution >= 4 is 11.6 Å². The summed E-state index contributed by atoms with van der Waals surface area (Å²) in [5, 5.41) is 10.0. The van der Waals surface area contributed by atoms with Crippen LogP contribution in [-0.2, 0) is 15.9 Å². The molecular weight excluding hydrogens is 259 g/mol. The summed E-state index contributed by atoms with van der Waals surface area (Å²) in [6, 6.07) is 4.36. The van der Waals surface area contributed by atoms with E-state index in [0.29, 0.717) is 19.6 Å². The molecule has 1 rings (SSSR count). The number of ether oxygens (including phenoxy) is 2. The Balaban J connectivity index is 2.66. The van der Waals surface area contributed by atoms with Crippen LogP contribution in [0.1, 0.15) is 19.4 Å². The van der Waals surface area contributed by atoms with E-state index in [0.717, 1.165) is 5.56 Å². The molecular formula is C13H18ClFO3. The Kier molecular flexibility index (Phi) is 6.57. The molecule has 0 saturated carbocycles. The normalized spacial score (nSPS) is 13.0. The second kappa shape index (κ2) is 7.69. The van der Waals surface area contributed by atoms with E-state index in [2.05, 4.69) is 0 Å². The number of rotatable bonds is 7. The van der Waals surface area contributed by atoms with E-state index in [4.69, 9.17) is 21.1 Å². The van der Waals surface area contributed by atoms with Crippen LogP contribution < -0.4 is 0 Å². The van der Waals surface area contributed by atoms with Gasteiger partial charge in [-0.1, -0.05) is 17.7 Å². The number of hydrogen-bond donors (Lipinski definition) is 1. The Morgan fingerprint density at radius 3 is 2.39 bits per heavy atom. The molecule has 0 spiro atoms. The first kappa shape index (κ1) is 15.4. The molecule has 5 heteroatoms. The van der Waals surface area contributed by atoms with Gasteiger partial charge in [0.05, 0.1) is 5.02 Å². The highest BCUT2D eigenvalue weighted by molar-refractivity contribution is 6.30. The minimum Gasteiger partial charge on any atom is -0.387 e. The summed E-state index contributed by atoms with van der Waals surface area (Å²) in [7, 11) is 0. The van der Waals surface area contributed by atoms with Gasteiger partial charge in [0.25, 0.3) is 0 Å². The maximum Gasteiger partial charge on any atom is 0.183 e. The third-order valence-electron chi connectivity index (χ3n) is 2.40. The highest BCUT2D eigenvalue weighted by atomic mass is 35.5. The van der Waals surface area contributed by atoms with Gasteiger partial charge < -0.3 is 14.6 Å². The third kappa shape index (κ3) is 4.53. The Morgan fingerprint density at radius 1 is 1.28 bits per heavy atom. The van der Waals surface area contributed by atoms with E-state index >= 15 is 0 Å². The molecule has 1 unspecified atom stereocenters. The quantitative estimate of drug-likeness (QED) is 0.779. The van der Waals surface area contributed by atoms with E-state index in [-0.39, 0.29) is 5.02 Å². The van der Waals surface area contributed by atoms with Crippen LogP contribution in [-0.4, -0.2) is 30.7 Å². The van der Waals surface area contributed by atoms with Crippen molar-refractivity contribution < 1.29 is 19.0 Å². The van der Waals surface area contributed by atoms with Gasteiger partial charge in [-0.15, -0.1) is 0 Å². The van der Waals surface area contributed by atoms with Crippen LogP contribution in [0.15, 0.2) is 18.2 Å². The van der Waals surface area contributed by atoms with Crippen molar-refractivity contribution in [2.75, 3.05) is 13.2 Å². The molecule has 1 atom stereocenters. The zero-order chi connectivity index (χ0) is 13.5. The first-order chi connectivity index (χ1) is 8.58. The Labute approximate surface area is 111 Å². The molecule has 0 bridgehead atoms. The predicted octanol–water partition coefficient (Wildman–Crippen LogP) is 2.78. The zero-order valence-electron chi connectivity index (χ0n) is 10.5. The van der Waals surface area contributed by atoms with Gasteiger partial charge in [0.15, 0.2) is 6.29 Å². The molecule has 1 aromatic carbocycles. The zero-order valence-corrected chi connectivity index (χ0v) is 11.3. The summed E-state index contributed by atoms with van der Waals surface area (Å²) >= 11 is 5.68. The second-order valence-corrected chi connectivity index (χ2v) is 4.21. The van der Waals surface area contributed by atoms with Gasteiger partial charge in [-0.25, -0.2) is 4.39 Å². The van der Waals surface area contributed by atoms with Crippen molar-refractivity contribution in [2.45, 2.75) is 32.7 Å². The summed E-state index contributed by atoms with van der Waals surface area (Å²) in [6.45, 7) is 4.55. The second-order valence-electron chi connectivity index (χ2n) is 3.80. The molecule has 0 aliphatic carbocycles. The molecule has 0 radical (unpaired) electrons. The van der Waals surface area contributed by atoms with Crippen molar-refractivity contribution in [3.63, 3.8) is 0 Å². The van der Waals surface area contributed by atoms with Crippen LogP contribution in [0.4, 0.5) is 4.39 Å². The van der Waals surface area contributed by atoms with Gasteiger partial charge in [-0.3, -0.25) is 0 Å². The molecule has 0 fully saturated rings. The van der Waals surface area contributed by atoms with Gasteiger partial charge in [-0.05, 0) is 31.5 Å². The van der Waals surface area contributed by atoms with Crippen LogP contribution >= 0.6 is 11.6 Å². The predicted molar refractivity (Wildman–Crippen MR) is 68.2 cm³/mol. The van der Waals surface area contributed by atoms with E-state index < -0.39 is 18.2 Å². The van der Waals surface area contributed by atoms with Gasteiger partial charge in [-0.2, -0.15) is 0 Å². The molecule has 3 nitrogen and oxygen atoms in total. The average Bonchev–Trinajstić information content (AvgIpc) is 2.33. The molecule has 0 heterocycles. The van der Waals surface area contributed by atoms with Crippen molar-refractivity contribution in [2.24, 2.45) is 0 Å². The molecule has 0 amide bonds. The monoisotopic (exact) mass is 276 g/mol. The van der Waals surface area contributed by atoms with Crippen molar-refractivity contribution in [3.8, 4) is 0 Å². The van der Waals surface area contributed by atoms with Crippen LogP contribution in [0, 0.1) is 5.82 Å². The molecule has 102 valence electrons. The summed E-state index contributed by atoms with van der Waals surface area (Å²) in [5.74, 6) is -0.471. The highest BCUT2D eigenvalue weighted by Crippen LogP contribution is 2.18. The summed E-state index contributed by atoms with van der Waals surface area (Å²) in [4.78, 5) is 0. The van der Waals surface area contributed by atoms with Gasteiger partial charge in [0.1, 0.15) is 11.9 Å². The highest BCUT2D eigenvalue weighted by Gasteiger charge is 2.20. The molecule has 0 aliphatic heterocycles. The Hall–Kier alpha value is -0.680. The fourth-order valence-corrected chi connectivity index (χ4v) is 1.81. The number of benzene rings is 1. The lowest BCUT2D eigenvalue weighted by Crippen LogP contribution is -2.33. The smallest absolute Gasteiger partial charge is 0.183 e. The maximum atomic E-state index is 13.0. The Bertz CT molecular complexity index is 367. The number of hydrogen-bond acceptors (Lipinski definition) is 3. The van der Waals surface area contributed by atoms with Crippen molar-refractivity contribution in [1.29, 1.82) is 0 Å². The maximum absolute atomic E-state index is 13.0. The Morgan fingerprint density at radius 2 is 1.89 bits per heavy atom. The fourth-order valence-electron chi connectivity index (χ4n) is 1.60. The molecule has 18 heavy (non-hydrogen) atoms. The lowest BCUT2D eigenvalue weighted by atomic mass is 10.1. The third-order valence-corrected chi connectivity index (χ3v) is 2.69. The van der Waals surface area contributed by atoms with Gasteiger partial charge in [0, 0.05) is 19.6 Å². The number of aliphatic hydroxyl groups excluding tert-OH is 1. The number of aliphatic hydroxyl groups is 1. The van der Waals surface area contributed by atoms with Crippen LogP contribution in [0.3, 0.4) is 0 Å². The summed E-state index contributed by atoms with van der Waals surface area (Å²) < 4.78 is 23.6. The molecule has 1 aromatic rings. The lowest BCUT2D eigenvalue weighted by Gasteiger charge is -2.22. The topological polar surface area (TPSA) is 38.7 Å². The standard InChI is InChI=1S/C13H18ClFO3/c1-3-17-13(18-4-2)12(16)8-9-5-6-11(15)10(14)7-9/h5-7,12-13,16H,3-4,8H2,1-2H3. The average molecular weight is 277 g/mol. The van der Waals surface area contributed by atoms with Crippen LogP contribution in [0.25, 0.3) is 0 Å². The fraction of sp³-hybridized carbons (Fsp3) is 0.538. The summed E-state index contributed by atoms with van der Waals surface area (Å²) in [5.41, 5.74) is 0.735. The first-order valence-corrected chi connectivity index (χ1v) is 6.31. The largest absolute Gasteiger partial charge is 0.387 e. The minimum atomic E-state index is -0.813. The van der Waals surface area contributed by atoms with E-state index in [9.17, 15) is 9.50 Å². The lowest BCUT2D eigenvalue weighted by molar-refractivity contribution is -0.188. The van der Waals surface area contributed by atoms with Gasteiger partial charge >= 0.3 is 0 Å². The molecule has 0 saturated heterocycles. The van der Waals surface area contributed by atoms with Crippen LogP contribution in [0.2, 0.25) is 5.02 Å².